The molecule has 452 valence electrons. The molecule has 2 aliphatic carbocycles. The van der Waals surface area contributed by atoms with Gasteiger partial charge in [-0.2, -0.15) is 26.3 Å². The number of methoxy groups -OCH3 is 2. The van der Waals surface area contributed by atoms with Gasteiger partial charge < -0.3 is 37.9 Å². The van der Waals surface area contributed by atoms with Crippen LogP contribution in [0.5, 0.6) is 0 Å². The van der Waals surface area contributed by atoms with Gasteiger partial charge in [0.05, 0.1) is 58.3 Å². The number of fused-ring (bicyclic) bond motifs is 4. The van der Waals surface area contributed by atoms with Gasteiger partial charge in [-0.25, -0.2) is 9.59 Å². The number of esters is 2. The smallest absolute Gasteiger partial charge is 0.380 e. The van der Waals surface area contributed by atoms with Crippen LogP contribution in [-0.2, 0) is 74.9 Å². The van der Waals surface area contributed by atoms with Crippen LogP contribution in [0.1, 0.15) is 123 Å². The van der Waals surface area contributed by atoms with Gasteiger partial charge in [-0.05, 0) is 95.2 Å². The molecule has 0 amide bonds. The van der Waals surface area contributed by atoms with E-state index in [2.05, 4.69) is 0 Å². The van der Waals surface area contributed by atoms with Gasteiger partial charge in [0, 0.05) is 56.0 Å². The Hall–Kier alpha value is -5.70. The molecule has 0 spiro atoms. The number of thiophene rings is 2. The first-order valence-corrected chi connectivity index (χ1v) is 29.4. The van der Waals surface area contributed by atoms with Crippen molar-refractivity contribution in [2.24, 2.45) is 0 Å². The van der Waals surface area contributed by atoms with Crippen molar-refractivity contribution in [3.8, 4) is 20.9 Å². The lowest BCUT2D eigenvalue weighted by Crippen LogP contribution is -2.49. The third-order valence-corrected chi connectivity index (χ3v) is 17.8. The molecule has 8 rings (SSSR count). The number of hydrogen-bond donors (Lipinski definition) is 0. The van der Waals surface area contributed by atoms with Crippen LogP contribution < -0.4 is 0 Å². The molecule has 0 bridgehead atoms. The zero-order chi connectivity index (χ0) is 61.3. The van der Waals surface area contributed by atoms with Crippen molar-refractivity contribution in [1.29, 1.82) is 0 Å². The molecule has 2 heterocycles. The van der Waals surface area contributed by atoms with E-state index in [1.54, 1.807) is 90.4 Å². The molecule has 18 heteroatoms. The Morgan fingerprint density at radius 1 is 0.429 bits per heavy atom. The summed E-state index contributed by atoms with van der Waals surface area (Å²) in [6.07, 6.45) is 0. The predicted molar refractivity (Wildman–Crippen MR) is 316 cm³/mol. The highest BCUT2D eigenvalue weighted by Crippen LogP contribution is 2.70. The summed E-state index contributed by atoms with van der Waals surface area (Å²) in [7, 11) is 3.12. The second kappa shape index (κ2) is 25.0. The third kappa shape index (κ3) is 12.7. The first kappa shape index (κ1) is 64.3. The minimum absolute atomic E-state index is 0.140. The van der Waals surface area contributed by atoms with Crippen molar-refractivity contribution < 1.29 is 73.8 Å². The predicted octanol–water partition coefficient (Wildman–Crippen LogP) is 15.2. The molecule has 6 aromatic rings. The highest BCUT2D eigenvalue weighted by atomic mass is 32.1. The molecule has 2 aromatic heterocycles. The maximum atomic E-state index is 17.3. The van der Waals surface area contributed by atoms with Crippen LogP contribution in [0.3, 0.4) is 0 Å². The zero-order valence-corrected chi connectivity index (χ0v) is 51.3. The summed E-state index contributed by atoms with van der Waals surface area (Å²) in [5.41, 5.74) is -3.48. The average molecular weight is 1210 g/mol. The normalized spacial score (nSPS) is 16.2. The number of ether oxygens (including phenoxy) is 8. The van der Waals surface area contributed by atoms with E-state index >= 15 is 26.3 Å². The van der Waals surface area contributed by atoms with E-state index < -0.39 is 68.6 Å². The maximum Gasteiger partial charge on any atom is 0.380 e. The van der Waals surface area contributed by atoms with Crippen molar-refractivity contribution in [3.05, 3.63) is 163 Å². The fourth-order valence-electron chi connectivity index (χ4n) is 10.5. The first-order chi connectivity index (χ1) is 39.4. The van der Waals surface area contributed by atoms with Crippen LogP contribution in [0.2, 0.25) is 0 Å². The van der Waals surface area contributed by atoms with E-state index in [9.17, 15) is 9.59 Å². The lowest BCUT2D eigenvalue weighted by molar-refractivity contribution is -0.254. The molecule has 0 N–H and O–H groups in total. The molecule has 0 saturated heterocycles. The van der Waals surface area contributed by atoms with Crippen molar-refractivity contribution in [3.63, 3.8) is 0 Å². The lowest BCUT2D eigenvalue weighted by atomic mass is 9.69. The molecule has 0 saturated carbocycles. The summed E-state index contributed by atoms with van der Waals surface area (Å²) in [5.74, 6) is -17.8. The van der Waals surface area contributed by atoms with Crippen LogP contribution in [-0.4, -0.2) is 110 Å². The standard InChI is InChI=1S/C66H74F6O10S2/c1-59(2,3)43-21-25-47(26-22-43)63(48-27-23-44(24-28-48)60(4,5)6)57-49(37-51(83-57)41-13-17-45(18-14-41)61(7,8)81-53(73)39-79-35-33-77-31-29-75-11)55-56(65(69,70)66(71,72)64(55,67)68)50-38-52(84-58(50)63)42-15-19-46(20-16-42)62(9,10)82-54(74)40-80-36-34-78-32-30-76-12/h13-28,37-38H,29-36,39-40H2,1-12H3. The van der Waals surface area contributed by atoms with Crippen LogP contribution >= 0.6 is 22.7 Å². The number of hydrogen-bond acceptors (Lipinski definition) is 12. The van der Waals surface area contributed by atoms with E-state index in [1.165, 1.54) is 12.1 Å². The van der Waals surface area contributed by atoms with E-state index in [0.717, 1.165) is 33.8 Å². The Kier molecular flexibility index (Phi) is 19.1. The summed E-state index contributed by atoms with van der Waals surface area (Å²) < 4.78 is 146. The van der Waals surface area contributed by atoms with Gasteiger partial charge in [0.25, 0.3) is 0 Å². The summed E-state index contributed by atoms with van der Waals surface area (Å²) in [4.78, 5) is 26.9. The Morgan fingerprint density at radius 3 is 1.06 bits per heavy atom. The summed E-state index contributed by atoms with van der Waals surface area (Å²) >= 11 is 2.13. The molecule has 84 heavy (non-hydrogen) atoms. The molecule has 4 aromatic carbocycles. The molecular formula is C66H74F6O10S2. The fourth-order valence-corrected chi connectivity index (χ4v) is 13.4. The molecule has 10 nitrogen and oxygen atoms in total. The van der Waals surface area contributed by atoms with Crippen LogP contribution in [0.25, 0.3) is 32.0 Å². The summed E-state index contributed by atoms with van der Waals surface area (Å²) in [6, 6.07) is 31.6. The topological polar surface area (TPSA) is 108 Å². The van der Waals surface area contributed by atoms with Crippen molar-refractivity contribution in [2.75, 3.05) is 80.3 Å². The summed E-state index contributed by atoms with van der Waals surface area (Å²) in [6.45, 7) is 20.8. The van der Waals surface area contributed by atoms with Crippen molar-refractivity contribution >= 4 is 45.8 Å². The van der Waals surface area contributed by atoms with E-state index in [-0.39, 0.29) is 60.2 Å². The van der Waals surface area contributed by atoms with E-state index in [1.807, 2.05) is 90.1 Å². The maximum absolute atomic E-state index is 17.3. The highest BCUT2D eigenvalue weighted by Gasteiger charge is 2.81. The molecule has 0 aliphatic heterocycles. The minimum atomic E-state index is -5.84. The van der Waals surface area contributed by atoms with Gasteiger partial charge in [-0.3, -0.25) is 0 Å². The number of alkyl halides is 6. The second-order valence-electron chi connectivity index (χ2n) is 24.0. The number of carbonyl (C=O) groups is 2. The summed E-state index contributed by atoms with van der Waals surface area (Å²) in [5, 5.41) is 0. The molecule has 2 aliphatic rings. The number of allylic oxidation sites excluding steroid dienone is 2. The van der Waals surface area contributed by atoms with Crippen LogP contribution in [0, 0.1) is 0 Å². The molecular weight excluding hydrogens is 1130 g/mol. The molecule has 0 unspecified atom stereocenters. The Labute approximate surface area is 496 Å². The van der Waals surface area contributed by atoms with Gasteiger partial charge in [-0.15, -0.1) is 22.7 Å². The Morgan fingerprint density at radius 2 is 0.738 bits per heavy atom. The quantitative estimate of drug-likeness (QED) is 0.0330. The minimum Gasteiger partial charge on any atom is -0.453 e. The monoisotopic (exact) mass is 1200 g/mol. The lowest BCUT2D eigenvalue weighted by Gasteiger charge is -2.37. The number of rotatable bonds is 24. The number of benzene rings is 4. The van der Waals surface area contributed by atoms with E-state index in [0.29, 0.717) is 69.6 Å². The van der Waals surface area contributed by atoms with Crippen LogP contribution in [0.4, 0.5) is 26.3 Å². The van der Waals surface area contributed by atoms with Crippen molar-refractivity contribution in [2.45, 2.75) is 114 Å². The first-order valence-electron chi connectivity index (χ1n) is 27.8. The van der Waals surface area contributed by atoms with Gasteiger partial charge in [0.15, 0.2) is 0 Å². The molecule has 0 atom stereocenters. The fraction of sp³-hybridized carbons (Fsp3) is 0.455. The van der Waals surface area contributed by atoms with Gasteiger partial charge in [0.2, 0.25) is 0 Å². The molecule has 0 fully saturated rings. The van der Waals surface area contributed by atoms with Gasteiger partial charge in [-0.1, -0.05) is 139 Å². The Bertz CT molecular complexity index is 3080. The number of halogens is 6. The zero-order valence-electron chi connectivity index (χ0n) is 49.6. The molecule has 0 radical (unpaired) electrons. The Balaban J connectivity index is 1.29. The van der Waals surface area contributed by atoms with Crippen molar-refractivity contribution in [1.82, 2.24) is 0 Å². The highest BCUT2D eigenvalue weighted by molar-refractivity contribution is 7.18. The van der Waals surface area contributed by atoms with E-state index in [4.69, 9.17) is 37.9 Å². The number of carbonyl (C=O) groups excluding carboxylic acids is 2. The average Bonchev–Trinajstić information content (AvgIpc) is 1.56. The van der Waals surface area contributed by atoms with Gasteiger partial charge >= 0.3 is 29.7 Å². The van der Waals surface area contributed by atoms with Crippen LogP contribution in [0.15, 0.2) is 109 Å². The SMILES string of the molecule is COCCOCCOCC(=O)OC(C)(C)c1ccc(-c2cc3c(s2)C(c2ccc(C(C)(C)C)cc2)(c2ccc(C(C)(C)C)cc2)c2sc(-c4ccc(C(C)(C)OC(=O)COCCOCCOC)cc4)cc2C2=C3C(F)(F)C(F)(F)C2(F)F)cc1. The third-order valence-electron chi connectivity index (χ3n) is 15.2. The van der Waals surface area contributed by atoms with Gasteiger partial charge in [0.1, 0.15) is 24.4 Å². The second-order valence-corrected chi connectivity index (χ2v) is 26.1. The largest absolute Gasteiger partial charge is 0.453 e.